The summed E-state index contributed by atoms with van der Waals surface area (Å²) in [6, 6.07) is 62.2. The monoisotopic (exact) mass is 677 g/mol. The van der Waals surface area contributed by atoms with Crippen LogP contribution < -0.4 is 5.32 Å². The third-order valence-electron chi connectivity index (χ3n) is 10.7. The average Bonchev–Trinajstić information content (AvgIpc) is 3.62. The second kappa shape index (κ2) is 11.8. The molecule has 0 bridgehead atoms. The lowest BCUT2D eigenvalue weighted by Crippen LogP contribution is -2.34. The molecule has 0 radical (unpaired) electrons. The maximum atomic E-state index is 6.53. The van der Waals surface area contributed by atoms with Gasteiger partial charge in [0, 0.05) is 27.5 Å². The van der Waals surface area contributed by atoms with Gasteiger partial charge in [-0.2, -0.15) is 0 Å². The zero-order valence-electron chi connectivity index (χ0n) is 28.6. The molecule has 1 atom stereocenters. The molecule has 2 heterocycles. The molecule has 11 rings (SSSR count). The molecule has 0 aliphatic carbocycles. The van der Waals surface area contributed by atoms with E-state index < -0.39 is 6.17 Å². The Morgan fingerprint density at radius 1 is 0.434 bits per heavy atom. The number of furan rings is 1. The van der Waals surface area contributed by atoms with Crippen molar-refractivity contribution in [1.29, 1.82) is 0 Å². The van der Waals surface area contributed by atoms with Crippen LogP contribution in [0.25, 0.3) is 76.2 Å². The zero-order valence-corrected chi connectivity index (χ0v) is 28.6. The Morgan fingerprint density at radius 3 is 1.91 bits per heavy atom. The topological polar surface area (TPSA) is 49.9 Å². The molecular weight excluding hydrogens is 647 g/mol. The number of nitrogens with zero attached hydrogens (tertiary/aromatic N) is 2. The lowest BCUT2D eigenvalue weighted by Gasteiger charge is -2.27. The van der Waals surface area contributed by atoms with E-state index in [-0.39, 0.29) is 0 Å². The smallest absolute Gasteiger partial charge is 0.159 e. The van der Waals surface area contributed by atoms with Crippen molar-refractivity contribution in [2.24, 2.45) is 9.98 Å². The van der Waals surface area contributed by atoms with Gasteiger partial charge in [-0.15, -0.1) is 0 Å². The first-order chi connectivity index (χ1) is 26.3. The summed E-state index contributed by atoms with van der Waals surface area (Å²) in [6.07, 6.45) is -0.481. The Labute approximate surface area is 305 Å². The predicted molar refractivity (Wildman–Crippen MR) is 221 cm³/mol. The highest BCUT2D eigenvalue weighted by Crippen LogP contribution is 2.43. The average molecular weight is 678 g/mol. The van der Waals surface area contributed by atoms with Crippen LogP contribution >= 0.6 is 0 Å². The number of fused-ring (bicyclic) bond motifs is 9. The lowest BCUT2D eigenvalue weighted by molar-refractivity contribution is 0.663. The minimum Gasteiger partial charge on any atom is -0.456 e. The van der Waals surface area contributed by atoms with Gasteiger partial charge >= 0.3 is 0 Å². The zero-order chi connectivity index (χ0) is 34.9. The number of hydrogen-bond acceptors (Lipinski definition) is 4. The molecule has 1 unspecified atom stereocenters. The standard InChI is InChI=1S/C49H31N3O/c1-2-13-32(14-3-1)47-50-48(42-29-33-15-5-7-17-36(33)38-18-8-9-19-39(38)42)52-49(51-47)46-37(26-27-44-45(46)40-20-10-11-21-43(40)53-44)34-25-24-31-23-22-30-12-4-6-16-35(30)41(31)28-34/h1-29,49H,(H,50,51,52). The molecule has 53 heavy (non-hydrogen) atoms. The number of hydrogen-bond donors (Lipinski definition) is 1. The van der Waals surface area contributed by atoms with Crippen LogP contribution in [0, 0.1) is 0 Å². The van der Waals surface area contributed by atoms with Crippen LogP contribution in [-0.4, -0.2) is 11.7 Å². The van der Waals surface area contributed by atoms with Crippen molar-refractivity contribution in [2.75, 3.05) is 0 Å². The first-order valence-corrected chi connectivity index (χ1v) is 18.0. The normalized spacial score (nSPS) is 14.6. The minimum absolute atomic E-state index is 0.481. The van der Waals surface area contributed by atoms with Crippen molar-refractivity contribution in [2.45, 2.75) is 6.17 Å². The Hall–Kier alpha value is -7.04. The highest BCUT2D eigenvalue weighted by molar-refractivity contribution is 6.22. The molecule has 1 aromatic heterocycles. The molecule has 10 aromatic rings. The van der Waals surface area contributed by atoms with Crippen LogP contribution in [0.4, 0.5) is 0 Å². The third kappa shape index (κ3) is 4.77. The van der Waals surface area contributed by atoms with Crippen LogP contribution in [0.3, 0.4) is 0 Å². The maximum absolute atomic E-state index is 6.53. The van der Waals surface area contributed by atoms with Gasteiger partial charge in [0.25, 0.3) is 0 Å². The molecular formula is C49H31N3O. The van der Waals surface area contributed by atoms with Crippen molar-refractivity contribution in [3.63, 3.8) is 0 Å². The fourth-order valence-corrected chi connectivity index (χ4v) is 8.25. The van der Waals surface area contributed by atoms with E-state index in [0.717, 1.165) is 66.4 Å². The van der Waals surface area contributed by atoms with Crippen molar-refractivity contribution >= 4 is 76.7 Å². The summed E-state index contributed by atoms with van der Waals surface area (Å²) in [6.45, 7) is 0. The maximum Gasteiger partial charge on any atom is 0.159 e. The van der Waals surface area contributed by atoms with Crippen molar-refractivity contribution in [1.82, 2.24) is 5.32 Å². The van der Waals surface area contributed by atoms with E-state index in [2.05, 4.69) is 151 Å². The number of aliphatic imine (C=N–C) groups is 2. The van der Waals surface area contributed by atoms with Crippen molar-refractivity contribution in [3.8, 4) is 11.1 Å². The first kappa shape index (κ1) is 29.7. The SMILES string of the molecule is c1ccc(C2=NC(c3c(-c4ccc5ccc6ccccc6c5c4)ccc4oc5ccccc5c34)NC(c3cc4ccccc4c4ccccc34)=N2)cc1. The molecule has 1 aliphatic heterocycles. The second-order valence-corrected chi connectivity index (χ2v) is 13.7. The fraction of sp³-hybridized carbons (Fsp3) is 0.0204. The van der Waals surface area contributed by atoms with Crippen LogP contribution in [-0.2, 0) is 0 Å². The van der Waals surface area contributed by atoms with E-state index in [1.54, 1.807) is 0 Å². The molecule has 1 aliphatic rings. The summed E-state index contributed by atoms with van der Waals surface area (Å²) in [5, 5.41) is 15.6. The molecule has 0 saturated heterocycles. The molecule has 9 aromatic carbocycles. The number of benzene rings is 9. The van der Waals surface area contributed by atoms with Crippen LogP contribution in [0.2, 0.25) is 0 Å². The quantitative estimate of drug-likeness (QED) is 0.189. The number of rotatable bonds is 4. The van der Waals surface area contributed by atoms with Crippen molar-refractivity contribution in [3.05, 3.63) is 193 Å². The molecule has 0 fully saturated rings. The number of para-hydroxylation sites is 1. The van der Waals surface area contributed by atoms with Gasteiger partial charge in [0.2, 0.25) is 0 Å². The second-order valence-electron chi connectivity index (χ2n) is 13.7. The van der Waals surface area contributed by atoms with Gasteiger partial charge in [-0.1, -0.05) is 152 Å². The summed E-state index contributed by atoms with van der Waals surface area (Å²) in [5.74, 6) is 1.47. The first-order valence-electron chi connectivity index (χ1n) is 18.0. The van der Waals surface area contributed by atoms with Crippen LogP contribution in [0.1, 0.15) is 22.9 Å². The molecule has 1 N–H and O–H groups in total. The highest BCUT2D eigenvalue weighted by Gasteiger charge is 2.28. The fourth-order valence-electron chi connectivity index (χ4n) is 8.25. The van der Waals surface area contributed by atoms with E-state index in [0.29, 0.717) is 5.84 Å². The molecule has 4 nitrogen and oxygen atoms in total. The van der Waals surface area contributed by atoms with Crippen LogP contribution in [0.15, 0.2) is 190 Å². The Kier molecular flexibility index (Phi) is 6.58. The van der Waals surface area contributed by atoms with Gasteiger partial charge in [0.1, 0.15) is 23.2 Å². The van der Waals surface area contributed by atoms with E-state index >= 15 is 0 Å². The summed E-state index contributed by atoms with van der Waals surface area (Å²) in [4.78, 5) is 10.7. The van der Waals surface area contributed by atoms with Gasteiger partial charge in [-0.05, 0) is 78.5 Å². The highest BCUT2D eigenvalue weighted by atomic mass is 16.3. The van der Waals surface area contributed by atoms with Gasteiger partial charge < -0.3 is 9.73 Å². The van der Waals surface area contributed by atoms with Crippen molar-refractivity contribution < 1.29 is 4.42 Å². The Balaban J connectivity index is 1.19. The van der Waals surface area contributed by atoms with E-state index in [9.17, 15) is 0 Å². The molecule has 0 spiro atoms. The number of nitrogens with one attached hydrogen (secondary N) is 1. The third-order valence-corrected chi connectivity index (χ3v) is 10.7. The Bertz CT molecular complexity index is 3150. The largest absolute Gasteiger partial charge is 0.456 e. The predicted octanol–water partition coefficient (Wildman–Crippen LogP) is 12.4. The summed E-state index contributed by atoms with van der Waals surface area (Å²) in [5.41, 5.74) is 6.95. The summed E-state index contributed by atoms with van der Waals surface area (Å²) < 4.78 is 6.53. The molecule has 248 valence electrons. The Morgan fingerprint density at radius 2 is 1.08 bits per heavy atom. The lowest BCUT2D eigenvalue weighted by atomic mass is 9.90. The van der Waals surface area contributed by atoms with E-state index in [1.807, 2.05) is 30.3 Å². The van der Waals surface area contributed by atoms with Gasteiger partial charge in [-0.25, -0.2) is 9.98 Å². The molecule has 0 amide bonds. The van der Waals surface area contributed by atoms with E-state index in [4.69, 9.17) is 14.4 Å². The van der Waals surface area contributed by atoms with Gasteiger partial charge in [-0.3, -0.25) is 0 Å². The minimum atomic E-state index is -0.481. The van der Waals surface area contributed by atoms with E-state index in [1.165, 1.54) is 32.3 Å². The molecule has 0 saturated carbocycles. The van der Waals surface area contributed by atoms with Gasteiger partial charge in [0.15, 0.2) is 5.84 Å². The summed E-state index contributed by atoms with van der Waals surface area (Å²) >= 11 is 0. The molecule has 4 heteroatoms. The van der Waals surface area contributed by atoms with Gasteiger partial charge in [0.05, 0.1) is 0 Å². The number of amidine groups is 2. The summed E-state index contributed by atoms with van der Waals surface area (Å²) in [7, 11) is 0. The van der Waals surface area contributed by atoms with Crippen LogP contribution in [0.5, 0.6) is 0 Å².